The minimum atomic E-state index is -0.487. The van der Waals surface area contributed by atoms with Gasteiger partial charge in [0, 0.05) is 12.1 Å². The average molecular weight is 353 g/mol. The zero-order valence-corrected chi connectivity index (χ0v) is 14.6. The standard InChI is InChI=1S/C19H23N5O2/c25-18-16(10-4-5-12-20-18)21-19(26)22-17-14-9-6-11-15(14)23-24(17)13-7-2-1-3-8-13/h1-3,7-8,16H,4-6,9-12H2,(H,20,25)(H2,21,22,26)/t16-/m0/s1. The number of benzene rings is 1. The number of hydrogen-bond donors (Lipinski definition) is 3. The first-order valence-corrected chi connectivity index (χ1v) is 9.24. The number of carbonyl (C=O) groups is 2. The highest BCUT2D eigenvalue weighted by atomic mass is 16.2. The number of aryl methyl sites for hydroxylation is 1. The van der Waals surface area contributed by atoms with Crippen LogP contribution in [0.5, 0.6) is 0 Å². The van der Waals surface area contributed by atoms with Crippen LogP contribution in [0, 0.1) is 0 Å². The zero-order valence-electron chi connectivity index (χ0n) is 14.6. The van der Waals surface area contributed by atoms with Gasteiger partial charge >= 0.3 is 6.03 Å². The maximum Gasteiger partial charge on any atom is 0.321 e. The summed E-state index contributed by atoms with van der Waals surface area (Å²) in [5.41, 5.74) is 3.04. The fraction of sp³-hybridized carbons (Fsp3) is 0.421. The molecule has 0 radical (unpaired) electrons. The lowest BCUT2D eigenvalue weighted by Gasteiger charge is -2.17. The molecule has 1 aromatic heterocycles. The summed E-state index contributed by atoms with van der Waals surface area (Å²) in [6.45, 7) is 0.674. The summed E-state index contributed by atoms with van der Waals surface area (Å²) < 4.78 is 1.79. The van der Waals surface area contributed by atoms with Crippen LogP contribution in [0.25, 0.3) is 5.69 Å². The lowest BCUT2D eigenvalue weighted by atomic mass is 10.1. The third-order valence-electron chi connectivity index (χ3n) is 4.98. The van der Waals surface area contributed by atoms with Crippen molar-refractivity contribution < 1.29 is 9.59 Å². The lowest BCUT2D eigenvalue weighted by Crippen LogP contribution is -2.47. The van der Waals surface area contributed by atoms with E-state index in [9.17, 15) is 9.59 Å². The van der Waals surface area contributed by atoms with Gasteiger partial charge in [0.25, 0.3) is 0 Å². The number of carbonyl (C=O) groups excluding carboxylic acids is 2. The second-order valence-corrected chi connectivity index (χ2v) is 6.81. The van der Waals surface area contributed by atoms with E-state index in [1.807, 2.05) is 30.3 Å². The molecular formula is C19H23N5O2. The number of para-hydroxylation sites is 1. The molecule has 2 aliphatic rings. The molecule has 7 nitrogen and oxygen atoms in total. The van der Waals surface area contributed by atoms with Gasteiger partial charge in [0.15, 0.2) is 0 Å². The van der Waals surface area contributed by atoms with Crippen molar-refractivity contribution in [3.05, 3.63) is 41.6 Å². The zero-order chi connectivity index (χ0) is 17.9. The van der Waals surface area contributed by atoms with Gasteiger partial charge in [0.1, 0.15) is 11.9 Å². The van der Waals surface area contributed by atoms with E-state index in [-0.39, 0.29) is 11.9 Å². The topological polar surface area (TPSA) is 88.1 Å². The van der Waals surface area contributed by atoms with Gasteiger partial charge in [-0.15, -0.1) is 0 Å². The molecule has 3 N–H and O–H groups in total. The second kappa shape index (κ2) is 7.19. The number of nitrogens with one attached hydrogen (secondary N) is 3. The predicted molar refractivity (Wildman–Crippen MR) is 98.4 cm³/mol. The lowest BCUT2D eigenvalue weighted by molar-refractivity contribution is -0.122. The van der Waals surface area contributed by atoms with Crippen molar-refractivity contribution in [2.24, 2.45) is 0 Å². The van der Waals surface area contributed by atoms with Gasteiger partial charge in [-0.1, -0.05) is 18.2 Å². The molecule has 4 rings (SSSR count). The average Bonchev–Trinajstić information content (AvgIpc) is 3.17. The Hall–Kier alpha value is -2.83. The molecular weight excluding hydrogens is 330 g/mol. The summed E-state index contributed by atoms with van der Waals surface area (Å²) in [5, 5.41) is 13.3. The first-order valence-electron chi connectivity index (χ1n) is 9.24. The van der Waals surface area contributed by atoms with Crippen LogP contribution in [0.3, 0.4) is 0 Å². The van der Waals surface area contributed by atoms with Gasteiger partial charge in [-0.3, -0.25) is 10.1 Å². The van der Waals surface area contributed by atoms with Crippen molar-refractivity contribution in [3.63, 3.8) is 0 Å². The van der Waals surface area contributed by atoms with Crippen LogP contribution in [0.1, 0.15) is 36.9 Å². The van der Waals surface area contributed by atoms with E-state index in [2.05, 4.69) is 21.0 Å². The Balaban J connectivity index is 1.56. The molecule has 2 heterocycles. The van der Waals surface area contributed by atoms with E-state index in [1.54, 1.807) is 4.68 Å². The van der Waals surface area contributed by atoms with Crippen LogP contribution in [0.4, 0.5) is 10.6 Å². The number of aromatic nitrogens is 2. The molecule has 0 saturated carbocycles. The molecule has 0 bridgehead atoms. The van der Waals surface area contributed by atoms with Crippen molar-refractivity contribution in [3.8, 4) is 5.69 Å². The Bertz CT molecular complexity index is 815. The van der Waals surface area contributed by atoms with Crippen molar-refractivity contribution in [2.75, 3.05) is 11.9 Å². The van der Waals surface area contributed by atoms with Gasteiger partial charge in [0.05, 0.1) is 11.4 Å². The van der Waals surface area contributed by atoms with Gasteiger partial charge in [-0.05, 0) is 50.7 Å². The SMILES string of the molecule is O=C(Nc1c2c(nn1-c1ccccc1)CCC2)N[C@H]1CCCCNC1=O. The first-order chi connectivity index (χ1) is 12.7. The molecule has 3 amide bonds. The molecule has 26 heavy (non-hydrogen) atoms. The minimum absolute atomic E-state index is 0.112. The Labute approximate surface area is 152 Å². The molecule has 1 atom stereocenters. The number of amides is 3. The monoisotopic (exact) mass is 353 g/mol. The molecule has 7 heteroatoms. The summed E-state index contributed by atoms with van der Waals surface area (Å²) in [6, 6.07) is 8.92. The highest BCUT2D eigenvalue weighted by Crippen LogP contribution is 2.30. The molecule has 0 unspecified atom stereocenters. The van der Waals surface area contributed by atoms with E-state index >= 15 is 0 Å². The smallest absolute Gasteiger partial charge is 0.321 e. The summed E-state index contributed by atoms with van der Waals surface area (Å²) >= 11 is 0. The molecule has 0 spiro atoms. The van der Waals surface area contributed by atoms with Gasteiger partial charge < -0.3 is 10.6 Å². The van der Waals surface area contributed by atoms with Crippen molar-refractivity contribution in [1.29, 1.82) is 0 Å². The Morgan fingerprint density at radius 3 is 2.85 bits per heavy atom. The molecule has 1 aliphatic carbocycles. The first kappa shape index (κ1) is 16.6. The largest absolute Gasteiger partial charge is 0.354 e. The van der Waals surface area contributed by atoms with Crippen LogP contribution in [-0.2, 0) is 17.6 Å². The molecule has 1 saturated heterocycles. The van der Waals surface area contributed by atoms with Crippen molar-refractivity contribution in [2.45, 2.75) is 44.6 Å². The normalized spacial score (nSPS) is 19.4. The number of hydrogen-bond acceptors (Lipinski definition) is 3. The fourth-order valence-corrected chi connectivity index (χ4v) is 3.66. The Morgan fingerprint density at radius 1 is 1.15 bits per heavy atom. The molecule has 1 aliphatic heterocycles. The molecule has 136 valence electrons. The number of fused-ring (bicyclic) bond motifs is 1. The summed E-state index contributed by atoms with van der Waals surface area (Å²) in [5.74, 6) is 0.592. The van der Waals surface area contributed by atoms with Crippen molar-refractivity contribution in [1.82, 2.24) is 20.4 Å². The van der Waals surface area contributed by atoms with Gasteiger partial charge in [0.2, 0.25) is 5.91 Å². The van der Waals surface area contributed by atoms with E-state index in [0.717, 1.165) is 49.0 Å². The summed E-state index contributed by atoms with van der Waals surface area (Å²) in [4.78, 5) is 24.6. The highest BCUT2D eigenvalue weighted by Gasteiger charge is 2.26. The molecule has 2 aromatic rings. The van der Waals surface area contributed by atoms with E-state index in [4.69, 9.17) is 0 Å². The third kappa shape index (κ3) is 3.29. The van der Waals surface area contributed by atoms with Crippen LogP contribution in [0.2, 0.25) is 0 Å². The minimum Gasteiger partial charge on any atom is -0.354 e. The fourth-order valence-electron chi connectivity index (χ4n) is 3.66. The summed E-state index contributed by atoms with van der Waals surface area (Å²) in [6.07, 6.45) is 5.41. The number of nitrogens with zero attached hydrogens (tertiary/aromatic N) is 2. The second-order valence-electron chi connectivity index (χ2n) is 6.81. The summed E-state index contributed by atoms with van der Waals surface area (Å²) in [7, 11) is 0. The van der Waals surface area contributed by atoms with Crippen molar-refractivity contribution >= 4 is 17.8 Å². The molecule has 1 fully saturated rings. The van der Waals surface area contributed by atoms with Crippen LogP contribution in [-0.4, -0.2) is 34.3 Å². The maximum absolute atomic E-state index is 12.6. The van der Waals surface area contributed by atoms with E-state index in [0.29, 0.717) is 18.8 Å². The van der Waals surface area contributed by atoms with E-state index in [1.165, 1.54) is 0 Å². The van der Waals surface area contributed by atoms with Gasteiger partial charge in [-0.25, -0.2) is 9.48 Å². The Kier molecular flexibility index (Phi) is 4.60. The highest BCUT2D eigenvalue weighted by molar-refractivity contribution is 5.94. The van der Waals surface area contributed by atoms with Gasteiger partial charge in [-0.2, -0.15) is 5.10 Å². The number of rotatable bonds is 3. The van der Waals surface area contributed by atoms with Crippen LogP contribution >= 0.6 is 0 Å². The quantitative estimate of drug-likeness (QED) is 0.790. The predicted octanol–water partition coefficient (Wildman–Crippen LogP) is 2.15. The molecule has 1 aromatic carbocycles. The maximum atomic E-state index is 12.6. The Morgan fingerprint density at radius 2 is 2.00 bits per heavy atom. The van der Waals surface area contributed by atoms with Crippen LogP contribution in [0.15, 0.2) is 30.3 Å². The van der Waals surface area contributed by atoms with E-state index < -0.39 is 6.04 Å². The third-order valence-corrected chi connectivity index (χ3v) is 4.98. The number of urea groups is 1. The number of anilines is 1. The van der Waals surface area contributed by atoms with Crippen LogP contribution < -0.4 is 16.0 Å².